The Hall–Kier alpha value is -4.94. The number of amides is 2. The third-order valence-corrected chi connectivity index (χ3v) is 14.2. The molecule has 3 fully saturated rings. The van der Waals surface area contributed by atoms with Crippen molar-refractivity contribution in [2.75, 3.05) is 19.8 Å². The highest BCUT2D eigenvalue weighted by Gasteiger charge is 2.59. The van der Waals surface area contributed by atoms with E-state index >= 15 is 0 Å². The third kappa shape index (κ3) is 11.2. The molecule has 0 saturated carbocycles. The van der Waals surface area contributed by atoms with E-state index in [9.17, 15) is 14.7 Å². The predicted molar refractivity (Wildman–Crippen MR) is 249 cm³/mol. The standard InChI is InChI=1S/C53H59NO12Si/c1-67(2,3)29-28-59-52-43(54-49(56)39-26-16-17-27-40(39)50(54)57)47(46-42(63-52)34-62-51(65-46)38-24-14-7-15-25-38)66-53-44(55)48(61-32-37-22-12-6-13-23-37)45(60-31-36-20-10-5-11-21-36)41(64-53)33-58-30-35-18-8-4-9-19-35/h4-27,41-48,51-53,55H,28-34H2,1-3H3/t41-,42-,43-,44-,45+,46-,47-,48-,51?,52-,53+/m1/s1. The summed E-state index contributed by atoms with van der Waals surface area (Å²) in [7, 11) is -1.63. The summed E-state index contributed by atoms with van der Waals surface area (Å²) in [4.78, 5) is 30.3. The van der Waals surface area contributed by atoms with Gasteiger partial charge in [-0.1, -0.05) is 153 Å². The van der Waals surface area contributed by atoms with Gasteiger partial charge in [0.05, 0.1) is 44.2 Å². The lowest BCUT2D eigenvalue weighted by molar-refractivity contribution is -0.385. The first-order valence-corrected chi connectivity index (χ1v) is 26.8. The van der Waals surface area contributed by atoms with Crippen LogP contribution in [0, 0.1) is 0 Å². The van der Waals surface area contributed by atoms with Gasteiger partial charge >= 0.3 is 0 Å². The molecule has 4 aliphatic heterocycles. The van der Waals surface area contributed by atoms with Crippen LogP contribution in [0.1, 0.15) is 49.3 Å². The molecule has 1 N–H and O–H groups in total. The quantitative estimate of drug-likeness (QED) is 0.0680. The van der Waals surface area contributed by atoms with Crippen molar-refractivity contribution in [1.82, 2.24) is 4.90 Å². The Balaban J connectivity index is 1.10. The Morgan fingerprint density at radius 2 is 1.15 bits per heavy atom. The summed E-state index contributed by atoms with van der Waals surface area (Å²) >= 11 is 0. The van der Waals surface area contributed by atoms with Crippen molar-refractivity contribution in [2.45, 2.75) is 113 Å². The van der Waals surface area contributed by atoms with E-state index in [1.54, 1.807) is 24.3 Å². The number of imide groups is 1. The zero-order chi connectivity index (χ0) is 46.3. The maximum absolute atomic E-state index is 14.6. The molecule has 11 atom stereocenters. The van der Waals surface area contributed by atoms with Crippen LogP contribution in [-0.2, 0) is 62.5 Å². The Kier molecular flexibility index (Phi) is 15.2. The summed E-state index contributed by atoms with van der Waals surface area (Å²) < 4.78 is 60.1. The van der Waals surface area contributed by atoms with E-state index < -0.39 is 87.5 Å². The lowest BCUT2D eigenvalue weighted by atomic mass is 9.93. The monoisotopic (exact) mass is 929 g/mol. The van der Waals surface area contributed by atoms with Gasteiger partial charge in [0.2, 0.25) is 0 Å². The first kappa shape index (κ1) is 47.1. The number of carbonyl (C=O) groups excluding carboxylic acids is 2. The lowest BCUT2D eigenvalue weighted by Crippen LogP contribution is -2.70. The summed E-state index contributed by atoms with van der Waals surface area (Å²) in [5.74, 6) is -1.05. The van der Waals surface area contributed by atoms with E-state index in [-0.39, 0.29) is 44.2 Å². The first-order chi connectivity index (χ1) is 32.6. The van der Waals surface area contributed by atoms with E-state index in [0.29, 0.717) is 6.61 Å². The first-order valence-electron chi connectivity index (χ1n) is 23.1. The molecule has 13 nitrogen and oxygen atoms in total. The predicted octanol–water partition coefficient (Wildman–Crippen LogP) is 7.70. The van der Waals surface area contributed by atoms with Crippen molar-refractivity contribution >= 4 is 19.9 Å². The van der Waals surface area contributed by atoms with Gasteiger partial charge < -0.3 is 47.7 Å². The second kappa shape index (κ2) is 21.6. The Bertz CT molecular complexity index is 2340. The topological polar surface area (TPSA) is 141 Å². The number of hydrogen-bond acceptors (Lipinski definition) is 12. The molecule has 0 bridgehead atoms. The average Bonchev–Trinajstić information content (AvgIpc) is 3.60. The molecule has 9 rings (SSSR count). The molecule has 1 unspecified atom stereocenters. The molecule has 352 valence electrons. The summed E-state index contributed by atoms with van der Waals surface area (Å²) in [6, 6.07) is 45.0. The highest BCUT2D eigenvalue weighted by atomic mass is 28.3. The SMILES string of the molecule is C[Si](C)(C)CCO[C@@H]1O[C@@H]2COC(c3ccccc3)O[C@H]2[C@H](O[C@@H]2O[C@H](COCc3ccccc3)[C@H](OCc3ccccc3)[C@H](OCc3ccccc3)[C@H]2O)[C@H]1N1C(=O)c2ccccc2C1=O. The molecule has 5 aromatic carbocycles. The van der Waals surface area contributed by atoms with Crippen molar-refractivity contribution in [2.24, 2.45) is 0 Å². The number of ether oxygens (including phenoxy) is 9. The van der Waals surface area contributed by atoms with Gasteiger partial charge in [-0.3, -0.25) is 14.5 Å². The van der Waals surface area contributed by atoms with Gasteiger partial charge in [0.1, 0.15) is 48.8 Å². The fraction of sp³-hybridized carbons (Fsp3) is 0.396. The van der Waals surface area contributed by atoms with Gasteiger partial charge in [0.15, 0.2) is 18.9 Å². The fourth-order valence-electron chi connectivity index (χ4n) is 8.95. The molecule has 3 saturated heterocycles. The second-order valence-electron chi connectivity index (χ2n) is 18.6. The average molecular weight is 930 g/mol. The minimum absolute atomic E-state index is 0.0383. The molecule has 4 aliphatic rings. The van der Waals surface area contributed by atoms with Crippen LogP contribution in [0.15, 0.2) is 146 Å². The van der Waals surface area contributed by atoms with E-state index in [1.165, 1.54) is 4.90 Å². The maximum Gasteiger partial charge on any atom is 0.262 e. The molecular weight excluding hydrogens is 871 g/mol. The van der Waals surface area contributed by atoms with E-state index in [1.807, 2.05) is 121 Å². The zero-order valence-corrected chi connectivity index (χ0v) is 39.0. The lowest BCUT2D eigenvalue weighted by Gasteiger charge is -2.52. The number of aliphatic hydroxyl groups excluding tert-OH is 1. The zero-order valence-electron chi connectivity index (χ0n) is 38.0. The molecule has 67 heavy (non-hydrogen) atoms. The van der Waals surface area contributed by atoms with E-state index in [0.717, 1.165) is 28.3 Å². The van der Waals surface area contributed by atoms with Crippen molar-refractivity contribution < 1.29 is 57.3 Å². The summed E-state index contributed by atoms with van der Waals surface area (Å²) in [5, 5.41) is 12.7. The number of hydrogen-bond donors (Lipinski definition) is 1. The van der Waals surface area contributed by atoms with E-state index in [4.69, 9.17) is 42.6 Å². The van der Waals surface area contributed by atoms with Crippen LogP contribution in [-0.4, -0.2) is 111 Å². The van der Waals surface area contributed by atoms with Crippen LogP contribution in [0.4, 0.5) is 0 Å². The van der Waals surface area contributed by atoms with Gasteiger partial charge in [-0.2, -0.15) is 0 Å². The second-order valence-corrected chi connectivity index (χ2v) is 24.2. The highest BCUT2D eigenvalue weighted by Crippen LogP contribution is 2.42. The van der Waals surface area contributed by atoms with Crippen LogP contribution >= 0.6 is 0 Å². The van der Waals surface area contributed by atoms with Gasteiger partial charge in [-0.15, -0.1) is 0 Å². The molecule has 0 spiro atoms. The molecule has 4 heterocycles. The molecule has 14 heteroatoms. The van der Waals surface area contributed by atoms with Crippen molar-refractivity contribution in [3.8, 4) is 0 Å². The van der Waals surface area contributed by atoms with Gasteiger partial charge in [-0.05, 0) is 34.9 Å². The van der Waals surface area contributed by atoms with Gasteiger partial charge in [0.25, 0.3) is 11.8 Å². The summed E-state index contributed by atoms with van der Waals surface area (Å²) in [6.07, 6.45) is -10.5. The van der Waals surface area contributed by atoms with Gasteiger partial charge in [-0.25, -0.2) is 0 Å². The smallest absolute Gasteiger partial charge is 0.262 e. The maximum atomic E-state index is 14.6. The van der Waals surface area contributed by atoms with Crippen LogP contribution < -0.4 is 0 Å². The number of fused-ring (bicyclic) bond motifs is 2. The number of aliphatic hydroxyl groups is 1. The Labute approximate surface area is 392 Å². The van der Waals surface area contributed by atoms with Crippen molar-refractivity contribution in [3.63, 3.8) is 0 Å². The van der Waals surface area contributed by atoms with Crippen LogP contribution in [0.5, 0.6) is 0 Å². The van der Waals surface area contributed by atoms with Crippen molar-refractivity contribution in [3.05, 3.63) is 179 Å². The van der Waals surface area contributed by atoms with Crippen molar-refractivity contribution in [1.29, 1.82) is 0 Å². The van der Waals surface area contributed by atoms with Crippen LogP contribution in [0.25, 0.3) is 0 Å². The fourth-order valence-corrected chi connectivity index (χ4v) is 9.68. The number of carbonyl (C=O) groups is 2. The molecule has 5 aromatic rings. The van der Waals surface area contributed by atoms with Crippen LogP contribution in [0.2, 0.25) is 25.7 Å². The summed E-state index contributed by atoms with van der Waals surface area (Å²) in [5.41, 5.74) is 4.02. The normalized spacial score (nSPS) is 28.5. The number of rotatable bonds is 18. The molecular formula is C53H59NO12Si. The molecule has 0 radical (unpaired) electrons. The Morgan fingerprint density at radius 3 is 1.73 bits per heavy atom. The van der Waals surface area contributed by atoms with Crippen LogP contribution in [0.3, 0.4) is 0 Å². The number of nitrogens with zero attached hydrogens (tertiary/aromatic N) is 1. The molecule has 2 amide bonds. The third-order valence-electron chi connectivity index (χ3n) is 12.5. The molecule has 0 aromatic heterocycles. The minimum atomic E-state index is -1.63. The Morgan fingerprint density at radius 1 is 0.612 bits per heavy atom. The molecule has 0 aliphatic carbocycles. The highest BCUT2D eigenvalue weighted by molar-refractivity contribution is 6.76. The largest absolute Gasteiger partial charge is 0.385 e. The number of benzene rings is 5. The minimum Gasteiger partial charge on any atom is -0.385 e. The van der Waals surface area contributed by atoms with Gasteiger partial charge in [0, 0.05) is 20.2 Å². The summed E-state index contributed by atoms with van der Waals surface area (Å²) in [6.45, 7) is 7.76. The van der Waals surface area contributed by atoms with E-state index in [2.05, 4.69) is 19.6 Å².